The van der Waals surface area contributed by atoms with Gasteiger partial charge in [0.15, 0.2) is 11.6 Å². The Morgan fingerprint density at radius 1 is 0.667 bits per heavy atom. The van der Waals surface area contributed by atoms with E-state index in [1.807, 2.05) is 0 Å². The Hall–Kier alpha value is -2.44. The van der Waals surface area contributed by atoms with Crippen LogP contribution < -0.4 is 5.90 Å². The van der Waals surface area contributed by atoms with Gasteiger partial charge in [-0.05, 0) is 48.6 Å². The number of nitrogens with two attached hydrogens (primary N) is 1. The van der Waals surface area contributed by atoms with Crippen LogP contribution in [-0.2, 0) is 9.59 Å². The minimum atomic E-state index is -0.121. The van der Waals surface area contributed by atoms with Crippen LogP contribution in [-0.4, -0.2) is 27.0 Å². The normalized spacial score (nSPS) is 12.1. The van der Waals surface area contributed by atoms with Crippen molar-refractivity contribution in [1.82, 2.24) is 0 Å². The van der Waals surface area contributed by atoms with Gasteiger partial charge in [-0.3, -0.25) is 9.59 Å². The lowest BCUT2D eigenvalue weighted by Gasteiger charge is -1.88. The smallest absolute Gasteiger partial charge is 0.178 e. The first-order valence-electron chi connectivity index (χ1n) is 4.76. The molecule has 0 radical (unpaired) electrons. The van der Waals surface area contributed by atoms with Crippen molar-refractivity contribution in [3.63, 3.8) is 0 Å². The van der Waals surface area contributed by atoms with E-state index < -0.39 is 0 Å². The first kappa shape index (κ1) is 15.6. The highest BCUT2D eigenvalue weighted by atomic mass is 16.4. The number of rotatable bonds is 0. The van der Waals surface area contributed by atoms with Gasteiger partial charge in [-0.1, -0.05) is 0 Å². The fraction of sp³-hybridized carbons (Fsp3) is 0. The third-order valence-electron chi connectivity index (χ3n) is 1.67. The average molecular weight is 251 g/mol. The molecule has 1 aliphatic rings. The zero-order valence-electron chi connectivity index (χ0n) is 9.35. The van der Waals surface area contributed by atoms with Gasteiger partial charge in [0.1, 0.15) is 11.5 Å². The number of hydrogen-bond acceptors (Lipinski definition) is 6. The van der Waals surface area contributed by atoms with Crippen LogP contribution in [0.15, 0.2) is 48.6 Å². The fourth-order valence-electron chi connectivity index (χ4n) is 0.892. The summed E-state index contributed by atoms with van der Waals surface area (Å²) in [5, 5.41) is 23.8. The molecule has 18 heavy (non-hydrogen) atoms. The van der Waals surface area contributed by atoms with Gasteiger partial charge in [0.05, 0.1) is 0 Å². The molecule has 0 bridgehead atoms. The van der Waals surface area contributed by atoms with Crippen LogP contribution >= 0.6 is 0 Å². The molecule has 1 aromatic rings. The lowest BCUT2D eigenvalue weighted by molar-refractivity contribution is -0.113. The van der Waals surface area contributed by atoms with Gasteiger partial charge in [-0.15, -0.1) is 0 Å². The number of phenolic OH excluding ortho intramolecular Hbond substituents is 2. The lowest BCUT2D eigenvalue weighted by Crippen LogP contribution is -1.97. The Balaban J connectivity index is 0.000000283. The third-order valence-corrected chi connectivity index (χ3v) is 1.67. The quantitative estimate of drug-likeness (QED) is 0.306. The van der Waals surface area contributed by atoms with Gasteiger partial charge in [0, 0.05) is 0 Å². The summed E-state index contributed by atoms with van der Waals surface area (Å²) < 4.78 is 0. The molecule has 6 nitrogen and oxygen atoms in total. The van der Waals surface area contributed by atoms with Crippen molar-refractivity contribution in [3.8, 4) is 11.5 Å². The van der Waals surface area contributed by atoms with Gasteiger partial charge in [-0.2, -0.15) is 0 Å². The van der Waals surface area contributed by atoms with Gasteiger partial charge >= 0.3 is 0 Å². The van der Waals surface area contributed by atoms with E-state index in [1.54, 1.807) is 0 Å². The molecule has 0 fully saturated rings. The van der Waals surface area contributed by atoms with Crippen molar-refractivity contribution in [2.45, 2.75) is 0 Å². The molecule has 0 spiro atoms. The third kappa shape index (κ3) is 6.94. The highest BCUT2D eigenvalue weighted by molar-refractivity contribution is 6.14. The molecule has 0 unspecified atom stereocenters. The van der Waals surface area contributed by atoms with Gasteiger partial charge in [-0.25, -0.2) is 5.90 Å². The molecule has 5 N–H and O–H groups in total. The number of carbonyl (C=O) groups excluding carboxylic acids is 2. The minimum Gasteiger partial charge on any atom is -0.508 e. The van der Waals surface area contributed by atoms with Crippen molar-refractivity contribution >= 4 is 11.6 Å². The van der Waals surface area contributed by atoms with Crippen LogP contribution in [0, 0.1) is 0 Å². The van der Waals surface area contributed by atoms with Crippen molar-refractivity contribution in [2.24, 2.45) is 5.90 Å². The van der Waals surface area contributed by atoms with Crippen molar-refractivity contribution in [1.29, 1.82) is 0 Å². The van der Waals surface area contributed by atoms with Crippen molar-refractivity contribution < 1.29 is 25.0 Å². The summed E-state index contributed by atoms with van der Waals surface area (Å²) in [5.74, 6) is 3.60. The van der Waals surface area contributed by atoms with Crippen molar-refractivity contribution in [3.05, 3.63) is 48.6 Å². The number of hydrogen-bond donors (Lipinski definition) is 4. The van der Waals surface area contributed by atoms with E-state index in [1.165, 1.54) is 48.6 Å². The van der Waals surface area contributed by atoms with Crippen LogP contribution in [0.25, 0.3) is 0 Å². The second-order valence-corrected chi connectivity index (χ2v) is 2.99. The monoisotopic (exact) mass is 251 g/mol. The van der Waals surface area contributed by atoms with Gasteiger partial charge in [0.25, 0.3) is 0 Å². The molecule has 0 amide bonds. The molecule has 0 aliphatic heterocycles. The molecular weight excluding hydrogens is 238 g/mol. The largest absolute Gasteiger partial charge is 0.508 e. The Bertz CT molecular complexity index is 389. The molecule has 0 atom stereocenters. The number of aromatic hydroxyl groups is 2. The summed E-state index contributed by atoms with van der Waals surface area (Å²) in [4.78, 5) is 20.6. The highest BCUT2D eigenvalue weighted by Gasteiger charge is 1.97. The van der Waals surface area contributed by atoms with Crippen LogP contribution in [0.4, 0.5) is 0 Å². The summed E-state index contributed by atoms with van der Waals surface area (Å²) in [5.41, 5.74) is 0. The van der Waals surface area contributed by atoms with Crippen LogP contribution in [0.5, 0.6) is 11.5 Å². The molecule has 0 aromatic heterocycles. The summed E-state index contributed by atoms with van der Waals surface area (Å²) in [6.07, 6.45) is 5.01. The predicted molar refractivity (Wildman–Crippen MR) is 64.0 cm³/mol. The number of phenols is 2. The van der Waals surface area contributed by atoms with E-state index in [0.29, 0.717) is 0 Å². The topological polar surface area (TPSA) is 121 Å². The summed E-state index contributed by atoms with van der Waals surface area (Å²) in [6, 6.07) is 5.70. The zero-order chi connectivity index (χ0) is 14.0. The first-order chi connectivity index (χ1) is 8.58. The lowest BCUT2D eigenvalue weighted by atomic mass is 10.2. The van der Waals surface area contributed by atoms with E-state index in [-0.39, 0.29) is 23.1 Å². The Morgan fingerprint density at radius 2 is 0.889 bits per heavy atom. The minimum absolute atomic E-state index is 0.121. The molecule has 96 valence electrons. The number of ketones is 2. The molecule has 1 aliphatic carbocycles. The standard InChI is InChI=1S/C6H6O2.C6H4O2.H3NO/c2*7-5-1-2-6(8)4-3-5;1-2/h1-4,7-8H;1-4H;2H,1H2. The van der Waals surface area contributed by atoms with E-state index in [2.05, 4.69) is 5.90 Å². The molecule has 6 heteroatoms. The van der Waals surface area contributed by atoms with E-state index in [0.717, 1.165) is 0 Å². The maximum absolute atomic E-state index is 10.3. The average Bonchev–Trinajstić information content (AvgIpc) is 2.40. The van der Waals surface area contributed by atoms with Crippen LogP contribution in [0.1, 0.15) is 0 Å². The number of benzene rings is 1. The number of carbonyl (C=O) groups is 2. The molecule has 0 heterocycles. The van der Waals surface area contributed by atoms with Crippen LogP contribution in [0.3, 0.4) is 0 Å². The Morgan fingerprint density at radius 3 is 1.11 bits per heavy atom. The van der Waals surface area contributed by atoms with E-state index in [9.17, 15) is 9.59 Å². The van der Waals surface area contributed by atoms with E-state index in [4.69, 9.17) is 15.4 Å². The Labute approximate surface area is 103 Å². The highest BCUT2D eigenvalue weighted by Crippen LogP contribution is 2.13. The zero-order valence-corrected chi connectivity index (χ0v) is 9.35. The number of allylic oxidation sites excluding steroid dienone is 4. The molecular formula is C12H13NO5. The summed E-state index contributed by atoms with van der Waals surface area (Å²) in [6.45, 7) is 0. The SMILES string of the molecule is NO.O=C1C=CC(=O)C=C1.Oc1ccc(O)cc1. The molecule has 2 rings (SSSR count). The van der Waals surface area contributed by atoms with Crippen LogP contribution in [0.2, 0.25) is 0 Å². The van der Waals surface area contributed by atoms with Crippen molar-refractivity contribution in [2.75, 3.05) is 0 Å². The second kappa shape index (κ2) is 8.68. The Kier molecular flexibility index (Phi) is 7.51. The maximum Gasteiger partial charge on any atom is 0.178 e. The summed E-state index contributed by atoms with van der Waals surface area (Å²) >= 11 is 0. The molecule has 1 aromatic carbocycles. The second-order valence-electron chi connectivity index (χ2n) is 2.99. The molecule has 0 saturated carbocycles. The summed E-state index contributed by atoms with van der Waals surface area (Å²) in [7, 11) is 0. The maximum atomic E-state index is 10.3. The fourth-order valence-corrected chi connectivity index (χ4v) is 0.892. The van der Waals surface area contributed by atoms with Gasteiger partial charge < -0.3 is 15.4 Å². The predicted octanol–water partition coefficient (Wildman–Crippen LogP) is 0.683. The van der Waals surface area contributed by atoms with E-state index >= 15 is 0 Å². The first-order valence-corrected chi connectivity index (χ1v) is 4.76. The van der Waals surface area contributed by atoms with Gasteiger partial charge in [0.2, 0.25) is 0 Å². The molecule has 0 saturated heterocycles.